The minimum absolute atomic E-state index is 0.102. The number of carbonyl (C=O) groups is 1. The van der Waals surface area contributed by atoms with Crippen LogP contribution < -0.4 is 9.64 Å². The molecule has 24 heavy (non-hydrogen) atoms. The fourth-order valence-electron chi connectivity index (χ4n) is 2.90. The van der Waals surface area contributed by atoms with Gasteiger partial charge in [0.05, 0.1) is 6.61 Å². The molecule has 2 aromatic carbocycles. The fourth-order valence-corrected chi connectivity index (χ4v) is 2.90. The zero-order valence-corrected chi connectivity index (χ0v) is 14.1. The van der Waals surface area contributed by atoms with Crippen LogP contribution in [0.15, 0.2) is 54.6 Å². The molecule has 0 N–H and O–H groups in total. The molecular weight excluding hydrogens is 300 g/mol. The number of rotatable bonds is 5. The number of benzene rings is 2. The Morgan fingerprint density at radius 2 is 1.62 bits per heavy atom. The zero-order chi connectivity index (χ0) is 16.8. The van der Waals surface area contributed by atoms with Crippen molar-refractivity contribution in [2.45, 2.75) is 13.3 Å². The highest BCUT2D eigenvalue weighted by Crippen LogP contribution is 2.18. The Balaban J connectivity index is 1.57. The summed E-state index contributed by atoms with van der Waals surface area (Å²) in [7, 11) is 0. The third kappa shape index (κ3) is 3.88. The second-order valence-corrected chi connectivity index (χ2v) is 5.99. The van der Waals surface area contributed by atoms with Gasteiger partial charge < -0.3 is 14.5 Å². The molecule has 0 aliphatic carbocycles. The smallest absolute Gasteiger partial charge is 0.253 e. The lowest BCUT2D eigenvalue weighted by Gasteiger charge is -2.36. The minimum Gasteiger partial charge on any atom is -0.494 e. The van der Waals surface area contributed by atoms with E-state index in [9.17, 15) is 4.79 Å². The van der Waals surface area contributed by atoms with Crippen LogP contribution in [0.2, 0.25) is 0 Å². The van der Waals surface area contributed by atoms with E-state index < -0.39 is 0 Å². The molecule has 4 nitrogen and oxygen atoms in total. The van der Waals surface area contributed by atoms with Crippen LogP contribution >= 0.6 is 0 Å². The van der Waals surface area contributed by atoms with Gasteiger partial charge in [0.2, 0.25) is 0 Å². The van der Waals surface area contributed by atoms with Gasteiger partial charge in [-0.15, -0.1) is 0 Å². The van der Waals surface area contributed by atoms with Gasteiger partial charge in [-0.25, -0.2) is 0 Å². The lowest BCUT2D eigenvalue weighted by Crippen LogP contribution is -2.48. The molecule has 4 heteroatoms. The summed E-state index contributed by atoms with van der Waals surface area (Å²) < 4.78 is 5.57. The summed E-state index contributed by atoms with van der Waals surface area (Å²) in [6.07, 6.45) is 0.979. The molecule has 0 unspecified atom stereocenters. The summed E-state index contributed by atoms with van der Waals surface area (Å²) in [5.74, 6) is 0.923. The van der Waals surface area contributed by atoms with Crippen LogP contribution in [0.1, 0.15) is 23.7 Å². The number of anilines is 1. The quantitative estimate of drug-likeness (QED) is 0.844. The minimum atomic E-state index is 0.102. The summed E-state index contributed by atoms with van der Waals surface area (Å²) in [6.45, 7) is 6.02. The topological polar surface area (TPSA) is 32.8 Å². The molecule has 1 aliphatic heterocycles. The van der Waals surface area contributed by atoms with Crippen LogP contribution in [0.25, 0.3) is 0 Å². The third-order valence-corrected chi connectivity index (χ3v) is 4.26. The largest absolute Gasteiger partial charge is 0.494 e. The van der Waals surface area contributed by atoms with Crippen LogP contribution in [-0.4, -0.2) is 43.6 Å². The van der Waals surface area contributed by atoms with Gasteiger partial charge in [-0.2, -0.15) is 0 Å². The highest BCUT2D eigenvalue weighted by atomic mass is 16.5. The van der Waals surface area contributed by atoms with E-state index in [0.717, 1.165) is 43.9 Å². The Morgan fingerprint density at radius 1 is 0.958 bits per heavy atom. The lowest BCUT2D eigenvalue weighted by atomic mass is 10.1. The van der Waals surface area contributed by atoms with Gasteiger partial charge in [0, 0.05) is 37.4 Å². The highest BCUT2D eigenvalue weighted by molar-refractivity contribution is 5.94. The molecule has 1 saturated heterocycles. The molecule has 1 heterocycles. The van der Waals surface area contributed by atoms with Crippen LogP contribution in [0.3, 0.4) is 0 Å². The first-order valence-electron chi connectivity index (χ1n) is 8.60. The number of hydrogen-bond donors (Lipinski definition) is 0. The molecule has 0 aromatic heterocycles. The van der Waals surface area contributed by atoms with E-state index in [4.69, 9.17) is 4.74 Å². The van der Waals surface area contributed by atoms with E-state index in [1.165, 1.54) is 5.69 Å². The predicted molar refractivity (Wildman–Crippen MR) is 96.8 cm³/mol. The number of nitrogens with zero attached hydrogens (tertiary/aromatic N) is 2. The van der Waals surface area contributed by atoms with Gasteiger partial charge in [0.1, 0.15) is 5.75 Å². The Bertz CT molecular complexity index is 647. The monoisotopic (exact) mass is 324 g/mol. The third-order valence-electron chi connectivity index (χ3n) is 4.26. The first-order valence-corrected chi connectivity index (χ1v) is 8.60. The highest BCUT2D eigenvalue weighted by Gasteiger charge is 2.22. The van der Waals surface area contributed by atoms with Crippen molar-refractivity contribution < 1.29 is 9.53 Å². The van der Waals surface area contributed by atoms with E-state index in [-0.39, 0.29) is 5.91 Å². The zero-order valence-electron chi connectivity index (χ0n) is 14.1. The van der Waals surface area contributed by atoms with Crippen molar-refractivity contribution in [1.82, 2.24) is 4.90 Å². The average Bonchev–Trinajstić information content (AvgIpc) is 2.67. The Hall–Kier alpha value is -2.49. The number of carbonyl (C=O) groups excluding carboxylic acids is 1. The van der Waals surface area contributed by atoms with Crippen molar-refractivity contribution >= 4 is 11.6 Å². The Morgan fingerprint density at radius 3 is 2.25 bits per heavy atom. The number of amides is 1. The Labute approximate surface area is 143 Å². The van der Waals surface area contributed by atoms with Gasteiger partial charge in [0.25, 0.3) is 5.91 Å². The van der Waals surface area contributed by atoms with Crippen LogP contribution in [0, 0.1) is 0 Å². The van der Waals surface area contributed by atoms with E-state index in [0.29, 0.717) is 6.61 Å². The maximum Gasteiger partial charge on any atom is 0.253 e. The van der Waals surface area contributed by atoms with Gasteiger partial charge in [-0.05, 0) is 42.8 Å². The first kappa shape index (κ1) is 16.4. The van der Waals surface area contributed by atoms with Crippen molar-refractivity contribution in [1.29, 1.82) is 0 Å². The molecule has 1 fully saturated rings. The number of hydrogen-bond acceptors (Lipinski definition) is 3. The SMILES string of the molecule is CCCOc1ccc(C(=O)N2CCN(c3ccccc3)CC2)cc1. The van der Waals surface area contributed by atoms with E-state index in [1.807, 2.05) is 35.2 Å². The molecule has 0 spiro atoms. The predicted octanol–water partition coefficient (Wildman–Crippen LogP) is 3.44. The number of piperazine rings is 1. The molecule has 3 rings (SSSR count). The molecule has 0 saturated carbocycles. The van der Waals surface area contributed by atoms with Crippen LogP contribution in [0.5, 0.6) is 5.75 Å². The molecule has 0 bridgehead atoms. The van der Waals surface area contributed by atoms with Crippen molar-refractivity contribution in [2.24, 2.45) is 0 Å². The Kier molecular flexibility index (Phi) is 5.36. The summed E-state index contributed by atoms with van der Waals surface area (Å²) in [6, 6.07) is 17.8. The lowest BCUT2D eigenvalue weighted by molar-refractivity contribution is 0.0747. The van der Waals surface area contributed by atoms with Crippen molar-refractivity contribution in [2.75, 3.05) is 37.7 Å². The van der Waals surface area contributed by atoms with Crippen molar-refractivity contribution in [3.63, 3.8) is 0 Å². The van der Waals surface area contributed by atoms with Crippen molar-refractivity contribution in [3.05, 3.63) is 60.2 Å². The second kappa shape index (κ2) is 7.86. The summed E-state index contributed by atoms with van der Waals surface area (Å²) in [4.78, 5) is 16.9. The van der Waals surface area contributed by atoms with Gasteiger partial charge in [-0.3, -0.25) is 4.79 Å². The molecule has 1 aliphatic rings. The molecule has 2 aromatic rings. The first-order chi connectivity index (χ1) is 11.8. The average molecular weight is 324 g/mol. The maximum absolute atomic E-state index is 12.6. The maximum atomic E-state index is 12.6. The molecule has 1 amide bonds. The van der Waals surface area contributed by atoms with Gasteiger partial charge in [0.15, 0.2) is 0 Å². The van der Waals surface area contributed by atoms with Crippen molar-refractivity contribution in [3.8, 4) is 5.75 Å². The summed E-state index contributed by atoms with van der Waals surface area (Å²) in [5, 5.41) is 0. The molecule has 126 valence electrons. The van der Waals surface area contributed by atoms with E-state index in [2.05, 4.69) is 36.1 Å². The van der Waals surface area contributed by atoms with E-state index in [1.54, 1.807) is 0 Å². The number of para-hydroxylation sites is 1. The summed E-state index contributed by atoms with van der Waals surface area (Å²) in [5.41, 5.74) is 1.95. The van der Waals surface area contributed by atoms with Gasteiger partial charge in [-0.1, -0.05) is 25.1 Å². The molecule has 0 atom stereocenters. The summed E-state index contributed by atoms with van der Waals surface area (Å²) >= 11 is 0. The van der Waals surface area contributed by atoms with Crippen LogP contribution in [0.4, 0.5) is 5.69 Å². The molecular formula is C20H24N2O2. The second-order valence-electron chi connectivity index (χ2n) is 5.99. The molecule has 0 radical (unpaired) electrons. The number of ether oxygens (including phenoxy) is 1. The fraction of sp³-hybridized carbons (Fsp3) is 0.350. The van der Waals surface area contributed by atoms with Gasteiger partial charge >= 0.3 is 0 Å². The van der Waals surface area contributed by atoms with Crippen LogP contribution in [-0.2, 0) is 0 Å². The standard InChI is InChI=1S/C20H24N2O2/c1-2-16-24-19-10-8-17(9-11-19)20(23)22-14-12-21(13-15-22)18-6-4-3-5-7-18/h3-11H,2,12-16H2,1H3. The normalized spacial score (nSPS) is 14.5. The van der Waals surface area contributed by atoms with E-state index >= 15 is 0 Å².